The highest BCUT2D eigenvalue weighted by Crippen LogP contribution is 2.31. The molecule has 2 nitrogen and oxygen atoms in total. The highest BCUT2D eigenvalue weighted by Gasteiger charge is 2.31. The average molecular weight is 362 g/mol. The predicted molar refractivity (Wildman–Crippen MR) is 99.5 cm³/mol. The molecule has 1 aliphatic heterocycles. The third-order valence-electron chi connectivity index (χ3n) is 4.94. The molecule has 0 spiro atoms. The molecule has 0 aromatic heterocycles. The molecule has 1 saturated heterocycles. The number of piperazine rings is 1. The topological polar surface area (TPSA) is 6.48 Å². The molecule has 0 unspecified atom stereocenters. The number of unbranched alkanes of at least 4 members (excludes halogenated alkanes) is 1. The Labute approximate surface area is 153 Å². The van der Waals surface area contributed by atoms with Crippen molar-refractivity contribution in [3.8, 4) is 0 Å². The van der Waals surface area contributed by atoms with Crippen molar-refractivity contribution in [1.82, 2.24) is 4.90 Å². The molecule has 2 aromatic carbocycles. The number of hydrogen-bond acceptors (Lipinski definition) is 2. The van der Waals surface area contributed by atoms with E-state index in [1.165, 1.54) is 17.7 Å². The number of anilines is 1. The fourth-order valence-corrected chi connectivity index (χ4v) is 3.42. The van der Waals surface area contributed by atoms with E-state index < -0.39 is 11.7 Å². The second-order valence-corrected chi connectivity index (χ2v) is 6.82. The summed E-state index contributed by atoms with van der Waals surface area (Å²) in [6.45, 7) is 4.42. The first-order valence-electron chi connectivity index (χ1n) is 9.21. The molecule has 0 aliphatic carbocycles. The van der Waals surface area contributed by atoms with Crippen molar-refractivity contribution in [2.45, 2.75) is 25.4 Å². The second-order valence-electron chi connectivity index (χ2n) is 6.82. The maximum absolute atomic E-state index is 12.9. The molecule has 1 fully saturated rings. The summed E-state index contributed by atoms with van der Waals surface area (Å²) in [5, 5.41) is 0. The number of halogens is 3. The van der Waals surface area contributed by atoms with Crippen LogP contribution in [-0.4, -0.2) is 37.6 Å². The van der Waals surface area contributed by atoms with Crippen molar-refractivity contribution in [2.75, 3.05) is 37.6 Å². The molecule has 140 valence electrons. The highest BCUT2D eigenvalue weighted by atomic mass is 19.4. The molecule has 26 heavy (non-hydrogen) atoms. The summed E-state index contributed by atoms with van der Waals surface area (Å²) in [4.78, 5) is 4.46. The normalized spacial score (nSPS) is 16.0. The SMILES string of the molecule is FC(F)(F)c1cccc(N2CCN(CCCCc3ccccc3)CC2)c1. The zero-order valence-electron chi connectivity index (χ0n) is 14.9. The summed E-state index contributed by atoms with van der Waals surface area (Å²) >= 11 is 0. The lowest BCUT2D eigenvalue weighted by Gasteiger charge is -2.36. The lowest BCUT2D eigenvalue weighted by molar-refractivity contribution is -0.137. The zero-order valence-corrected chi connectivity index (χ0v) is 14.9. The molecule has 2 aromatic rings. The van der Waals surface area contributed by atoms with Crippen molar-refractivity contribution >= 4 is 5.69 Å². The van der Waals surface area contributed by atoms with E-state index in [1.807, 2.05) is 6.07 Å². The van der Waals surface area contributed by atoms with E-state index in [9.17, 15) is 13.2 Å². The van der Waals surface area contributed by atoms with Gasteiger partial charge < -0.3 is 4.90 Å². The number of alkyl halides is 3. The van der Waals surface area contributed by atoms with Gasteiger partial charge in [0, 0.05) is 31.9 Å². The fourth-order valence-electron chi connectivity index (χ4n) is 3.42. The number of benzene rings is 2. The van der Waals surface area contributed by atoms with Gasteiger partial charge in [-0.1, -0.05) is 36.4 Å². The lowest BCUT2D eigenvalue weighted by Crippen LogP contribution is -2.46. The van der Waals surface area contributed by atoms with Crippen LogP contribution in [0.5, 0.6) is 0 Å². The first kappa shape index (κ1) is 18.8. The summed E-state index contributed by atoms with van der Waals surface area (Å²) in [5.74, 6) is 0. The van der Waals surface area contributed by atoms with Crippen molar-refractivity contribution in [1.29, 1.82) is 0 Å². The van der Waals surface area contributed by atoms with Crippen LogP contribution >= 0.6 is 0 Å². The van der Waals surface area contributed by atoms with Crippen LogP contribution in [0.4, 0.5) is 18.9 Å². The second kappa shape index (κ2) is 8.58. The molecule has 0 atom stereocenters. The molecule has 0 amide bonds. The minimum absolute atomic E-state index is 0.571. The van der Waals surface area contributed by atoms with E-state index in [-0.39, 0.29) is 0 Å². The minimum atomic E-state index is -4.28. The van der Waals surface area contributed by atoms with Gasteiger partial charge in [-0.05, 0) is 49.6 Å². The molecule has 1 heterocycles. The molecule has 0 radical (unpaired) electrons. The van der Waals surface area contributed by atoms with E-state index in [1.54, 1.807) is 6.07 Å². The van der Waals surface area contributed by atoms with Crippen molar-refractivity contribution in [2.24, 2.45) is 0 Å². The number of nitrogens with zero attached hydrogens (tertiary/aromatic N) is 2. The Morgan fingerprint density at radius 2 is 1.54 bits per heavy atom. The van der Waals surface area contributed by atoms with Crippen molar-refractivity contribution in [3.63, 3.8) is 0 Å². The van der Waals surface area contributed by atoms with E-state index >= 15 is 0 Å². The van der Waals surface area contributed by atoms with Crippen LogP contribution in [0.2, 0.25) is 0 Å². The predicted octanol–water partition coefficient (Wildman–Crippen LogP) is 4.85. The summed E-state index contributed by atoms with van der Waals surface area (Å²) < 4.78 is 38.6. The van der Waals surface area contributed by atoms with Crippen LogP contribution in [0.3, 0.4) is 0 Å². The molecular formula is C21H25F3N2. The molecule has 0 bridgehead atoms. The molecule has 3 rings (SSSR count). The Hall–Kier alpha value is -2.01. The van der Waals surface area contributed by atoms with Gasteiger partial charge in [-0.3, -0.25) is 4.90 Å². The van der Waals surface area contributed by atoms with Crippen molar-refractivity contribution in [3.05, 3.63) is 65.7 Å². The van der Waals surface area contributed by atoms with Gasteiger partial charge in [-0.15, -0.1) is 0 Å². The summed E-state index contributed by atoms with van der Waals surface area (Å²) in [6.07, 6.45) is -0.863. The molecule has 5 heteroatoms. The fraction of sp³-hybridized carbons (Fsp3) is 0.429. The summed E-state index contributed by atoms with van der Waals surface area (Å²) in [7, 11) is 0. The summed E-state index contributed by atoms with van der Waals surface area (Å²) in [6, 6.07) is 16.2. The number of rotatable bonds is 6. The standard InChI is InChI=1S/C21H25F3N2/c22-21(23,24)19-10-6-11-20(17-19)26-15-13-25(14-16-26)12-5-4-9-18-7-2-1-3-8-18/h1-3,6-8,10-11,17H,4-5,9,12-16H2. The quantitative estimate of drug-likeness (QED) is 0.678. The van der Waals surface area contributed by atoms with E-state index in [0.29, 0.717) is 5.69 Å². The van der Waals surface area contributed by atoms with E-state index in [2.05, 4.69) is 34.1 Å². The van der Waals surface area contributed by atoms with Gasteiger partial charge in [-0.25, -0.2) is 0 Å². The molecule has 0 N–H and O–H groups in total. The van der Waals surface area contributed by atoms with Crippen LogP contribution in [0.25, 0.3) is 0 Å². The van der Waals surface area contributed by atoms with E-state index in [0.717, 1.165) is 58.1 Å². The van der Waals surface area contributed by atoms with Crippen LogP contribution in [0, 0.1) is 0 Å². The van der Waals surface area contributed by atoms with Gasteiger partial charge in [0.1, 0.15) is 0 Å². The Kier molecular flexibility index (Phi) is 6.20. The average Bonchev–Trinajstić information content (AvgIpc) is 2.66. The van der Waals surface area contributed by atoms with Crippen molar-refractivity contribution < 1.29 is 13.2 Å². The van der Waals surface area contributed by atoms with Gasteiger partial charge in [0.05, 0.1) is 5.56 Å². The molecule has 0 saturated carbocycles. The van der Waals surface area contributed by atoms with Gasteiger partial charge in [0.15, 0.2) is 0 Å². The first-order chi connectivity index (χ1) is 12.5. The maximum atomic E-state index is 12.9. The summed E-state index contributed by atoms with van der Waals surface area (Å²) in [5.41, 5.74) is 1.48. The largest absolute Gasteiger partial charge is 0.416 e. The third kappa shape index (κ3) is 5.24. The van der Waals surface area contributed by atoms with Crippen LogP contribution in [0.15, 0.2) is 54.6 Å². The maximum Gasteiger partial charge on any atom is 0.416 e. The van der Waals surface area contributed by atoms with Gasteiger partial charge >= 0.3 is 6.18 Å². The van der Waals surface area contributed by atoms with Crippen LogP contribution < -0.4 is 4.90 Å². The first-order valence-corrected chi connectivity index (χ1v) is 9.21. The van der Waals surface area contributed by atoms with Gasteiger partial charge in [0.2, 0.25) is 0 Å². The van der Waals surface area contributed by atoms with Gasteiger partial charge in [0.25, 0.3) is 0 Å². The monoisotopic (exact) mass is 362 g/mol. The Balaban J connectivity index is 1.42. The third-order valence-corrected chi connectivity index (χ3v) is 4.94. The van der Waals surface area contributed by atoms with Crippen LogP contribution in [0.1, 0.15) is 24.0 Å². The zero-order chi connectivity index (χ0) is 18.4. The number of hydrogen-bond donors (Lipinski definition) is 0. The van der Waals surface area contributed by atoms with E-state index in [4.69, 9.17) is 0 Å². The lowest BCUT2D eigenvalue weighted by atomic mass is 10.1. The Morgan fingerprint density at radius 1 is 0.808 bits per heavy atom. The Morgan fingerprint density at radius 3 is 2.23 bits per heavy atom. The molecular weight excluding hydrogens is 337 g/mol. The Bertz CT molecular complexity index is 677. The number of aryl methyl sites for hydroxylation is 1. The minimum Gasteiger partial charge on any atom is -0.369 e. The smallest absolute Gasteiger partial charge is 0.369 e. The van der Waals surface area contributed by atoms with Crippen LogP contribution in [-0.2, 0) is 12.6 Å². The van der Waals surface area contributed by atoms with Gasteiger partial charge in [-0.2, -0.15) is 13.2 Å². The highest BCUT2D eigenvalue weighted by molar-refractivity contribution is 5.49. The molecule has 1 aliphatic rings.